The fraction of sp³-hybridized carbons (Fsp3) is 0.333. The van der Waals surface area contributed by atoms with Gasteiger partial charge in [0.1, 0.15) is 11.0 Å². The maximum Gasteiger partial charge on any atom is 0.251 e. The number of pyridine rings is 1. The largest absolute Gasteiger partial charge is 0.356 e. The van der Waals surface area contributed by atoms with E-state index in [2.05, 4.69) is 27.1 Å². The molecule has 1 aliphatic rings. The number of thioether (sulfide) groups is 1. The van der Waals surface area contributed by atoms with Crippen LogP contribution in [0.5, 0.6) is 0 Å². The van der Waals surface area contributed by atoms with Crippen LogP contribution in [-0.4, -0.2) is 33.9 Å². The minimum absolute atomic E-state index is 0.105. The molecule has 1 saturated heterocycles. The van der Waals surface area contributed by atoms with Crippen LogP contribution < -0.4 is 10.2 Å². The van der Waals surface area contributed by atoms with E-state index >= 15 is 0 Å². The molecule has 1 fully saturated rings. The number of carbonyl (C=O) groups excluding carboxylic acids is 1. The molecule has 2 aromatic heterocycles. The van der Waals surface area contributed by atoms with Crippen molar-refractivity contribution in [2.45, 2.75) is 37.2 Å². The van der Waals surface area contributed by atoms with Gasteiger partial charge < -0.3 is 10.2 Å². The molecule has 0 atom stereocenters. The van der Waals surface area contributed by atoms with E-state index in [0.29, 0.717) is 28.2 Å². The minimum Gasteiger partial charge on any atom is -0.356 e. The number of carbonyl (C=O) groups is 1. The maximum absolute atomic E-state index is 12.4. The summed E-state index contributed by atoms with van der Waals surface area (Å²) in [5.41, 5.74) is 2.69. The summed E-state index contributed by atoms with van der Waals surface area (Å²) in [5, 5.41) is 4.06. The Kier molecular flexibility index (Phi) is 7.60. The summed E-state index contributed by atoms with van der Waals surface area (Å²) >= 11 is 7.82. The van der Waals surface area contributed by atoms with Gasteiger partial charge in [0.15, 0.2) is 5.16 Å². The van der Waals surface area contributed by atoms with Crippen LogP contribution in [0.25, 0.3) is 0 Å². The molecule has 0 saturated carbocycles. The van der Waals surface area contributed by atoms with E-state index < -0.39 is 0 Å². The van der Waals surface area contributed by atoms with Crippen molar-refractivity contribution in [1.29, 1.82) is 0 Å². The highest BCUT2D eigenvalue weighted by Crippen LogP contribution is 2.27. The number of benzene rings is 1. The second-order valence-corrected chi connectivity index (χ2v) is 9.36. The number of nitrogens with one attached hydrogen (secondary N) is 1. The molecular weight excluding hydrogens is 442 g/mol. The summed E-state index contributed by atoms with van der Waals surface area (Å²) in [6, 6.07) is 13.2. The van der Waals surface area contributed by atoms with Gasteiger partial charge in [-0.15, -0.1) is 0 Å². The molecule has 3 aromatic rings. The first-order chi connectivity index (χ1) is 15.6. The Labute approximate surface area is 197 Å². The topological polar surface area (TPSA) is 71.0 Å². The van der Waals surface area contributed by atoms with Gasteiger partial charge in [-0.3, -0.25) is 9.78 Å². The van der Waals surface area contributed by atoms with Crippen LogP contribution in [-0.2, 0) is 12.3 Å². The van der Waals surface area contributed by atoms with Crippen molar-refractivity contribution in [3.63, 3.8) is 0 Å². The summed E-state index contributed by atoms with van der Waals surface area (Å²) in [6.07, 6.45) is 5.81. The normalized spacial score (nSPS) is 14.4. The van der Waals surface area contributed by atoms with Gasteiger partial charge in [-0.2, -0.15) is 0 Å². The molecule has 1 aliphatic heterocycles. The van der Waals surface area contributed by atoms with Gasteiger partial charge in [0, 0.05) is 49.4 Å². The highest BCUT2D eigenvalue weighted by atomic mass is 35.5. The molecule has 0 unspecified atom stereocenters. The van der Waals surface area contributed by atoms with E-state index in [0.717, 1.165) is 36.0 Å². The average Bonchev–Trinajstić information content (AvgIpc) is 2.82. The number of rotatable bonds is 7. The molecule has 8 heteroatoms. The number of aromatic nitrogens is 3. The zero-order chi connectivity index (χ0) is 22.3. The van der Waals surface area contributed by atoms with E-state index in [1.54, 1.807) is 24.2 Å². The van der Waals surface area contributed by atoms with Gasteiger partial charge in [0.25, 0.3) is 5.91 Å². The third-order valence-electron chi connectivity index (χ3n) is 5.53. The highest BCUT2D eigenvalue weighted by molar-refractivity contribution is 7.98. The molecule has 0 spiro atoms. The first-order valence-electron chi connectivity index (χ1n) is 10.8. The zero-order valence-electron chi connectivity index (χ0n) is 18.0. The molecule has 0 bridgehead atoms. The van der Waals surface area contributed by atoms with Gasteiger partial charge >= 0.3 is 0 Å². The van der Waals surface area contributed by atoms with E-state index in [1.807, 2.05) is 42.5 Å². The SMILES string of the molecule is CC1CCN(c2cc(Cl)nc(SCc3ccc(C(=O)NCc4cccnc4)cc3)n2)CC1. The third kappa shape index (κ3) is 6.20. The van der Waals surface area contributed by atoms with Crippen LogP contribution in [0.4, 0.5) is 5.82 Å². The summed E-state index contributed by atoms with van der Waals surface area (Å²) in [6.45, 7) is 4.75. The second-order valence-electron chi connectivity index (χ2n) is 8.03. The van der Waals surface area contributed by atoms with Crippen molar-refractivity contribution < 1.29 is 4.79 Å². The fourth-order valence-electron chi connectivity index (χ4n) is 3.54. The molecular formula is C24H26ClN5OS. The lowest BCUT2D eigenvalue weighted by Gasteiger charge is -2.31. The molecule has 32 heavy (non-hydrogen) atoms. The lowest BCUT2D eigenvalue weighted by atomic mass is 9.99. The van der Waals surface area contributed by atoms with E-state index in [9.17, 15) is 4.79 Å². The Morgan fingerprint density at radius 2 is 1.94 bits per heavy atom. The smallest absolute Gasteiger partial charge is 0.251 e. The monoisotopic (exact) mass is 467 g/mol. The first kappa shape index (κ1) is 22.6. The Hall–Kier alpha value is -2.64. The summed E-state index contributed by atoms with van der Waals surface area (Å²) in [5.74, 6) is 2.26. The quantitative estimate of drug-likeness (QED) is 0.300. The fourth-order valence-corrected chi connectivity index (χ4v) is 4.57. The summed E-state index contributed by atoms with van der Waals surface area (Å²) in [4.78, 5) is 27.8. The van der Waals surface area contributed by atoms with E-state index in [4.69, 9.17) is 16.6 Å². The minimum atomic E-state index is -0.105. The van der Waals surface area contributed by atoms with Crippen molar-refractivity contribution >= 4 is 35.1 Å². The molecule has 6 nitrogen and oxygen atoms in total. The predicted octanol–water partition coefficient (Wildman–Crippen LogP) is 4.98. The summed E-state index contributed by atoms with van der Waals surface area (Å²) in [7, 11) is 0. The number of hydrogen-bond acceptors (Lipinski definition) is 6. The molecule has 0 aliphatic carbocycles. The molecule has 4 rings (SSSR count). The highest BCUT2D eigenvalue weighted by Gasteiger charge is 2.18. The van der Waals surface area contributed by atoms with Crippen LogP contribution >= 0.6 is 23.4 Å². The number of nitrogens with zero attached hydrogens (tertiary/aromatic N) is 4. The molecule has 166 valence electrons. The average molecular weight is 468 g/mol. The number of hydrogen-bond donors (Lipinski definition) is 1. The second kappa shape index (κ2) is 10.8. The Balaban J connectivity index is 1.32. The van der Waals surface area contributed by atoms with Crippen LogP contribution in [0, 0.1) is 5.92 Å². The first-order valence-corrected chi connectivity index (χ1v) is 12.1. The van der Waals surface area contributed by atoms with Crippen LogP contribution in [0.3, 0.4) is 0 Å². The summed E-state index contributed by atoms with van der Waals surface area (Å²) < 4.78 is 0. The molecule has 0 radical (unpaired) electrons. The predicted molar refractivity (Wildman–Crippen MR) is 129 cm³/mol. The molecule has 1 aromatic carbocycles. The van der Waals surface area contributed by atoms with Crippen LogP contribution in [0.15, 0.2) is 60.0 Å². The standard InChI is InChI=1S/C24H26ClN5OS/c1-17-8-11-30(12-9-17)22-13-21(25)28-24(29-22)32-16-18-4-6-20(7-5-18)23(31)27-15-19-3-2-10-26-14-19/h2-7,10,13-14,17H,8-9,11-12,15-16H2,1H3,(H,27,31). The van der Waals surface area contributed by atoms with Crippen LogP contribution in [0.1, 0.15) is 41.3 Å². The van der Waals surface area contributed by atoms with Crippen molar-refractivity contribution in [3.8, 4) is 0 Å². The van der Waals surface area contributed by atoms with Crippen molar-refractivity contribution in [1.82, 2.24) is 20.3 Å². The van der Waals surface area contributed by atoms with Gasteiger partial charge in [-0.25, -0.2) is 9.97 Å². The number of halogens is 1. The molecule has 3 heterocycles. The third-order valence-corrected chi connectivity index (χ3v) is 6.64. The van der Waals surface area contributed by atoms with Crippen molar-refractivity contribution in [2.75, 3.05) is 18.0 Å². The van der Waals surface area contributed by atoms with E-state index in [-0.39, 0.29) is 5.91 Å². The number of piperidine rings is 1. The van der Waals surface area contributed by atoms with Gasteiger partial charge in [-0.1, -0.05) is 48.5 Å². The zero-order valence-corrected chi connectivity index (χ0v) is 19.6. The van der Waals surface area contributed by atoms with Crippen molar-refractivity contribution in [2.24, 2.45) is 5.92 Å². The van der Waals surface area contributed by atoms with Gasteiger partial charge in [0.2, 0.25) is 0 Å². The lowest BCUT2D eigenvalue weighted by Crippen LogP contribution is -2.33. The Bertz CT molecular complexity index is 1040. The Morgan fingerprint density at radius 3 is 2.66 bits per heavy atom. The van der Waals surface area contributed by atoms with E-state index in [1.165, 1.54) is 12.8 Å². The van der Waals surface area contributed by atoms with Gasteiger partial charge in [0.05, 0.1) is 0 Å². The van der Waals surface area contributed by atoms with Crippen molar-refractivity contribution in [3.05, 3.63) is 76.7 Å². The maximum atomic E-state index is 12.4. The molecule has 1 N–H and O–H groups in total. The number of amides is 1. The number of anilines is 1. The lowest BCUT2D eigenvalue weighted by molar-refractivity contribution is 0.0951. The van der Waals surface area contributed by atoms with Gasteiger partial charge in [-0.05, 0) is 48.1 Å². The Morgan fingerprint density at radius 1 is 1.16 bits per heavy atom. The molecule has 1 amide bonds. The van der Waals surface area contributed by atoms with Crippen LogP contribution in [0.2, 0.25) is 5.15 Å².